The van der Waals surface area contributed by atoms with E-state index >= 15 is 0 Å². The van der Waals surface area contributed by atoms with Crippen LogP contribution in [0.15, 0.2) is 60.8 Å². The molecule has 0 radical (unpaired) electrons. The van der Waals surface area contributed by atoms with Gasteiger partial charge >= 0.3 is 0 Å². The summed E-state index contributed by atoms with van der Waals surface area (Å²) in [5.74, 6) is 0.318. The SMILES string of the molecule is CCOc1cc(/C=C/C(=O)c2nn(C)cc2Cl)ccc1OCC(=O)Nc1ccccc1. The Balaban J connectivity index is 1.66. The molecular weight excluding hydrogens is 418 g/mol. The van der Waals surface area contributed by atoms with Crippen molar-refractivity contribution in [3.8, 4) is 11.5 Å². The molecule has 31 heavy (non-hydrogen) atoms. The Morgan fingerprint density at radius 1 is 1.13 bits per heavy atom. The Kier molecular flexibility index (Phi) is 7.45. The van der Waals surface area contributed by atoms with Gasteiger partial charge in [0, 0.05) is 18.9 Å². The molecule has 0 aliphatic carbocycles. The number of aryl methyl sites for hydroxylation is 1. The lowest BCUT2D eigenvalue weighted by Gasteiger charge is -2.12. The summed E-state index contributed by atoms with van der Waals surface area (Å²) in [6, 6.07) is 14.3. The molecule has 0 aliphatic heterocycles. The van der Waals surface area contributed by atoms with Crippen LogP contribution in [-0.2, 0) is 11.8 Å². The first-order valence-electron chi connectivity index (χ1n) is 9.62. The third kappa shape index (κ3) is 6.20. The van der Waals surface area contributed by atoms with Gasteiger partial charge < -0.3 is 14.8 Å². The van der Waals surface area contributed by atoms with Crippen molar-refractivity contribution in [2.45, 2.75) is 6.92 Å². The van der Waals surface area contributed by atoms with E-state index in [0.717, 1.165) is 5.56 Å². The van der Waals surface area contributed by atoms with Gasteiger partial charge in [-0.25, -0.2) is 0 Å². The number of halogens is 1. The molecule has 1 aromatic heterocycles. The van der Waals surface area contributed by atoms with E-state index in [1.807, 2.05) is 25.1 Å². The molecule has 0 spiro atoms. The number of aromatic nitrogens is 2. The van der Waals surface area contributed by atoms with Gasteiger partial charge in [0.25, 0.3) is 5.91 Å². The third-order valence-electron chi connectivity index (χ3n) is 4.13. The number of nitrogens with one attached hydrogen (secondary N) is 1. The highest BCUT2D eigenvalue weighted by Gasteiger charge is 2.13. The highest BCUT2D eigenvalue weighted by molar-refractivity contribution is 6.34. The zero-order valence-corrected chi connectivity index (χ0v) is 17.9. The van der Waals surface area contributed by atoms with Crippen LogP contribution in [0, 0.1) is 0 Å². The minimum absolute atomic E-state index is 0.166. The molecular formula is C23H22ClN3O4. The van der Waals surface area contributed by atoms with Crippen LogP contribution in [0.2, 0.25) is 5.02 Å². The normalized spacial score (nSPS) is 10.8. The van der Waals surface area contributed by atoms with Crippen LogP contribution in [0.5, 0.6) is 11.5 Å². The molecule has 0 saturated carbocycles. The van der Waals surface area contributed by atoms with E-state index < -0.39 is 0 Å². The van der Waals surface area contributed by atoms with Crippen LogP contribution < -0.4 is 14.8 Å². The Morgan fingerprint density at radius 3 is 2.58 bits per heavy atom. The molecule has 7 nitrogen and oxygen atoms in total. The number of amides is 1. The standard InChI is InChI=1S/C23H22ClN3O4/c1-3-30-21-13-16(9-11-19(28)23-18(24)14-27(2)26-23)10-12-20(21)31-15-22(29)25-17-7-5-4-6-8-17/h4-14H,3,15H2,1-2H3,(H,25,29)/b11-9+. The van der Waals surface area contributed by atoms with Crippen molar-refractivity contribution in [3.05, 3.63) is 77.1 Å². The summed E-state index contributed by atoms with van der Waals surface area (Å²) >= 11 is 6.01. The lowest BCUT2D eigenvalue weighted by Crippen LogP contribution is -2.20. The van der Waals surface area contributed by atoms with Crippen LogP contribution in [0.3, 0.4) is 0 Å². The highest BCUT2D eigenvalue weighted by atomic mass is 35.5. The van der Waals surface area contributed by atoms with Gasteiger partial charge in [-0.2, -0.15) is 5.10 Å². The van der Waals surface area contributed by atoms with Crippen LogP contribution in [0.1, 0.15) is 23.0 Å². The van der Waals surface area contributed by atoms with Crippen LogP contribution in [0.25, 0.3) is 6.08 Å². The molecule has 1 amide bonds. The lowest BCUT2D eigenvalue weighted by molar-refractivity contribution is -0.118. The Labute approximate surface area is 185 Å². The fourth-order valence-electron chi connectivity index (χ4n) is 2.76. The second-order valence-corrected chi connectivity index (χ2v) is 6.95. The van der Waals surface area contributed by atoms with Gasteiger partial charge in [0.2, 0.25) is 5.78 Å². The van der Waals surface area contributed by atoms with Gasteiger partial charge in [-0.3, -0.25) is 14.3 Å². The van der Waals surface area contributed by atoms with Crippen LogP contribution in [0.4, 0.5) is 5.69 Å². The average Bonchev–Trinajstić information content (AvgIpc) is 3.10. The van der Waals surface area contributed by atoms with Crippen LogP contribution >= 0.6 is 11.6 Å². The second kappa shape index (κ2) is 10.4. The third-order valence-corrected chi connectivity index (χ3v) is 4.41. The summed E-state index contributed by atoms with van der Waals surface area (Å²) in [7, 11) is 1.69. The second-order valence-electron chi connectivity index (χ2n) is 6.54. The number of anilines is 1. The summed E-state index contributed by atoms with van der Waals surface area (Å²) in [5, 5.41) is 7.11. The molecule has 1 heterocycles. The summed E-state index contributed by atoms with van der Waals surface area (Å²) in [6.45, 7) is 2.10. The number of nitrogens with zero attached hydrogens (tertiary/aromatic N) is 2. The predicted molar refractivity (Wildman–Crippen MR) is 120 cm³/mol. The fourth-order valence-corrected chi connectivity index (χ4v) is 3.03. The zero-order valence-electron chi connectivity index (χ0n) is 17.2. The number of allylic oxidation sites excluding steroid dienone is 1. The molecule has 0 saturated heterocycles. The molecule has 8 heteroatoms. The maximum absolute atomic E-state index is 12.3. The number of hydrogen-bond donors (Lipinski definition) is 1. The molecule has 3 rings (SSSR count). The Bertz CT molecular complexity index is 1090. The minimum atomic E-state index is -0.304. The van der Waals surface area contributed by atoms with Crippen molar-refractivity contribution >= 4 is 35.1 Å². The quantitative estimate of drug-likeness (QED) is 0.395. The van der Waals surface area contributed by atoms with E-state index in [4.69, 9.17) is 21.1 Å². The molecule has 0 bridgehead atoms. The van der Waals surface area contributed by atoms with Crippen molar-refractivity contribution < 1.29 is 19.1 Å². The van der Waals surface area contributed by atoms with E-state index in [-0.39, 0.29) is 24.0 Å². The van der Waals surface area contributed by atoms with Gasteiger partial charge in [-0.1, -0.05) is 41.9 Å². The number of ether oxygens (including phenoxy) is 2. The van der Waals surface area contributed by atoms with E-state index in [1.165, 1.54) is 10.8 Å². The van der Waals surface area contributed by atoms with Gasteiger partial charge in [0.05, 0.1) is 11.6 Å². The van der Waals surface area contributed by atoms with Gasteiger partial charge in [-0.05, 0) is 42.8 Å². The van der Waals surface area contributed by atoms with Gasteiger partial charge in [-0.15, -0.1) is 0 Å². The van der Waals surface area contributed by atoms with E-state index in [2.05, 4.69) is 10.4 Å². The molecule has 1 N–H and O–H groups in total. The number of para-hydroxylation sites is 1. The zero-order chi connectivity index (χ0) is 22.2. The van der Waals surface area contributed by atoms with Gasteiger partial charge in [0.1, 0.15) is 0 Å². The molecule has 0 aliphatic rings. The Morgan fingerprint density at radius 2 is 1.90 bits per heavy atom. The summed E-state index contributed by atoms with van der Waals surface area (Å²) in [6.07, 6.45) is 4.60. The van der Waals surface area contributed by atoms with Crippen LogP contribution in [-0.4, -0.2) is 34.7 Å². The number of hydrogen-bond acceptors (Lipinski definition) is 5. The first-order chi connectivity index (χ1) is 15.0. The number of carbonyl (C=O) groups excluding carboxylic acids is 2. The van der Waals surface area contributed by atoms with Gasteiger partial charge in [0.15, 0.2) is 23.8 Å². The van der Waals surface area contributed by atoms with E-state index in [1.54, 1.807) is 49.7 Å². The highest BCUT2D eigenvalue weighted by Crippen LogP contribution is 2.29. The number of rotatable bonds is 9. The fraction of sp³-hybridized carbons (Fsp3) is 0.174. The van der Waals surface area contributed by atoms with Crippen molar-refractivity contribution in [1.29, 1.82) is 0 Å². The number of carbonyl (C=O) groups is 2. The van der Waals surface area contributed by atoms with E-state index in [9.17, 15) is 9.59 Å². The molecule has 0 atom stereocenters. The smallest absolute Gasteiger partial charge is 0.262 e. The summed E-state index contributed by atoms with van der Waals surface area (Å²) in [5.41, 5.74) is 1.61. The first-order valence-corrected chi connectivity index (χ1v) is 10.00. The monoisotopic (exact) mass is 439 g/mol. The minimum Gasteiger partial charge on any atom is -0.490 e. The summed E-state index contributed by atoms with van der Waals surface area (Å²) < 4.78 is 12.7. The Hall–Kier alpha value is -3.58. The largest absolute Gasteiger partial charge is 0.490 e. The van der Waals surface area contributed by atoms with Crippen molar-refractivity contribution in [2.24, 2.45) is 7.05 Å². The predicted octanol–water partition coefficient (Wildman–Crippen LogP) is 4.39. The molecule has 2 aromatic carbocycles. The number of ketones is 1. The molecule has 0 unspecified atom stereocenters. The van der Waals surface area contributed by atoms with Crippen molar-refractivity contribution in [1.82, 2.24) is 9.78 Å². The maximum Gasteiger partial charge on any atom is 0.262 e. The molecule has 160 valence electrons. The van der Waals surface area contributed by atoms with Crippen molar-refractivity contribution in [3.63, 3.8) is 0 Å². The van der Waals surface area contributed by atoms with Crippen molar-refractivity contribution in [2.75, 3.05) is 18.5 Å². The maximum atomic E-state index is 12.3. The first kappa shape index (κ1) is 22.1. The average molecular weight is 440 g/mol. The molecule has 0 fully saturated rings. The summed E-state index contributed by atoms with van der Waals surface area (Å²) in [4.78, 5) is 24.4. The number of benzene rings is 2. The topological polar surface area (TPSA) is 82.4 Å². The lowest BCUT2D eigenvalue weighted by atomic mass is 10.1. The van der Waals surface area contributed by atoms with E-state index in [0.29, 0.717) is 28.8 Å². The molecule has 3 aromatic rings.